The van der Waals surface area contributed by atoms with Crippen LogP contribution in [0.3, 0.4) is 0 Å². The van der Waals surface area contributed by atoms with Crippen molar-refractivity contribution in [3.05, 3.63) is 48.6 Å². The predicted octanol–water partition coefficient (Wildman–Crippen LogP) is 2.18. The summed E-state index contributed by atoms with van der Waals surface area (Å²) in [7, 11) is 1.81. The molecule has 0 fully saturated rings. The van der Waals surface area contributed by atoms with Crippen LogP contribution in [0.2, 0.25) is 0 Å². The van der Waals surface area contributed by atoms with Gasteiger partial charge < -0.3 is 15.2 Å². The summed E-state index contributed by atoms with van der Waals surface area (Å²) in [6, 6.07) is 7.45. The third-order valence-electron chi connectivity index (χ3n) is 2.85. The lowest BCUT2D eigenvalue weighted by Crippen LogP contribution is -2.04. The lowest BCUT2D eigenvalue weighted by atomic mass is 10.2. The molecule has 0 saturated heterocycles. The van der Waals surface area contributed by atoms with E-state index in [4.69, 9.17) is 4.52 Å². The fourth-order valence-electron chi connectivity index (χ4n) is 1.80. The molecule has 3 aromatic heterocycles. The van der Waals surface area contributed by atoms with Crippen LogP contribution in [-0.2, 0) is 6.54 Å². The molecule has 0 amide bonds. The number of nitrogens with zero attached hydrogens (tertiary/aromatic N) is 4. The molecule has 0 aliphatic heterocycles. The molecule has 0 aliphatic rings. The smallest absolute Gasteiger partial charge is 0.224 e. The summed E-state index contributed by atoms with van der Waals surface area (Å²) in [6.07, 6.45) is 5.15. The van der Waals surface area contributed by atoms with E-state index in [1.165, 1.54) is 0 Å². The predicted molar refractivity (Wildman–Crippen MR) is 78.6 cm³/mol. The number of anilines is 2. The van der Waals surface area contributed by atoms with Gasteiger partial charge in [0.25, 0.3) is 0 Å². The lowest BCUT2D eigenvalue weighted by molar-refractivity contribution is 0.390. The van der Waals surface area contributed by atoms with E-state index < -0.39 is 0 Å². The Balaban J connectivity index is 1.67. The van der Waals surface area contributed by atoms with Gasteiger partial charge in [-0.1, -0.05) is 5.16 Å². The van der Waals surface area contributed by atoms with E-state index in [9.17, 15) is 0 Å². The summed E-state index contributed by atoms with van der Waals surface area (Å²) >= 11 is 0. The molecule has 21 heavy (non-hydrogen) atoms. The summed E-state index contributed by atoms with van der Waals surface area (Å²) in [5, 5.41) is 10.1. The lowest BCUT2D eigenvalue weighted by Gasteiger charge is -2.03. The van der Waals surface area contributed by atoms with E-state index in [-0.39, 0.29) is 0 Å². The van der Waals surface area contributed by atoms with Gasteiger partial charge in [-0.3, -0.25) is 4.98 Å². The third kappa shape index (κ3) is 3.14. The highest BCUT2D eigenvalue weighted by Gasteiger charge is 2.07. The number of nitrogens with one attached hydrogen (secondary N) is 2. The van der Waals surface area contributed by atoms with Crippen LogP contribution in [0.15, 0.2) is 47.4 Å². The molecule has 7 heteroatoms. The Morgan fingerprint density at radius 1 is 1.24 bits per heavy atom. The Morgan fingerprint density at radius 2 is 2.19 bits per heavy atom. The van der Waals surface area contributed by atoms with Crippen LogP contribution >= 0.6 is 0 Å². The molecule has 3 rings (SSSR count). The highest BCUT2D eigenvalue weighted by molar-refractivity contribution is 5.57. The molecule has 0 radical (unpaired) electrons. The van der Waals surface area contributed by atoms with Gasteiger partial charge in [-0.15, -0.1) is 0 Å². The summed E-state index contributed by atoms with van der Waals surface area (Å²) in [4.78, 5) is 12.5. The summed E-state index contributed by atoms with van der Waals surface area (Å²) in [5.74, 6) is 1.98. The zero-order valence-corrected chi connectivity index (χ0v) is 11.4. The maximum absolute atomic E-state index is 5.29. The molecule has 0 atom stereocenters. The first-order valence-electron chi connectivity index (χ1n) is 6.46. The largest absolute Gasteiger partial charge is 0.373 e. The summed E-state index contributed by atoms with van der Waals surface area (Å²) in [6.45, 7) is 0.459. The Hall–Kier alpha value is -2.96. The molecule has 2 N–H and O–H groups in total. The first-order valence-corrected chi connectivity index (χ1v) is 6.46. The molecule has 0 unspecified atom stereocenters. The Labute approximate surface area is 121 Å². The molecule has 106 valence electrons. The number of hydrogen-bond acceptors (Lipinski definition) is 7. The second-order valence-corrected chi connectivity index (χ2v) is 4.29. The second-order valence-electron chi connectivity index (χ2n) is 4.29. The Morgan fingerprint density at radius 3 is 3.00 bits per heavy atom. The van der Waals surface area contributed by atoms with E-state index >= 15 is 0 Å². The second kappa shape index (κ2) is 6.00. The van der Waals surface area contributed by atoms with Crippen LogP contribution in [0.1, 0.15) is 5.76 Å². The van der Waals surface area contributed by atoms with E-state index in [1.807, 2.05) is 25.2 Å². The average molecular weight is 282 g/mol. The monoisotopic (exact) mass is 282 g/mol. The van der Waals surface area contributed by atoms with E-state index in [2.05, 4.69) is 30.7 Å². The van der Waals surface area contributed by atoms with Crippen molar-refractivity contribution in [2.75, 3.05) is 17.7 Å². The van der Waals surface area contributed by atoms with Crippen molar-refractivity contribution in [3.63, 3.8) is 0 Å². The Bertz CT molecular complexity index is 712. The van der Waals surface area contributed by atoms with Crippen LogP contribution < -0.4 is 10.6 Å². The van der Waals surface area contributed by atoms with Crippen molar-refractivity contribution in [2.24, 2.45) is 0 Å². The van der Waals surface area contributed by atoms with Crippen molar-refractivity contribution in [1.29, 1.82) is 0 Å². The first kappa shape index (κ1) is 13.0. The summed E-state index contributed by atoms with van der Waals surface area (Å²) < 4.78 is 5.29. The van der Waals surface area contributed by atoms with E-state index in [0.717, 1.165) is 17.1 Å². The average Bonchev–Trinajstić information content (AvgIpc) is 3.03. The molecule has 0 aliphatic carbocycles. The molecule has 7 nitrogen and oxygen atoms in total. The fourth-order valence-corrected chi connectivity index (χ4v) is 1.80. The van der Waals surface area contributed by atoms with Gasteiger partial charge in [0.2, 0.25) is 5.95 Å². The number of aromatic nitrogens is 4. The number of rotatable bonds is 5. The quantitative estimate of drug-likeness (QED) is 0.741. The van der Waals surface area contributed by atoms with Gasteiger partial charge >= 0.3 is 0 Å². The van der Waals surface area contributed by atoms with Crippen molar-refractivity contribution < 1.29 is 4.52 Å². The standard InChI is InChI=1S/C14H14N6O/c1-15-13-4-6-17-14(19-13)18-9-11-7-12(20-21-11)10-3-2-5-16-8-10/h2-8H,9H2,1H3,(H2,15,17,18,19). The van der Waals surface area contributed by atoms with Crippen LogP contribution in [0, 0.1) is 0 Å². The highest BCUT2D eigenvalue weighted by Crippen LogP contribution is 2.18. The summed E-state index contributed by atoms with van der Waals surface area (Å²) in [5.41, 5.74) is 1.67. The molecule has 0 spiro atoms. The van der Waals surface area contributed by atoms with Gasteiger partial charge in [0.1, 0.15) is 11.5 Å². The first-order chi connectivity index (χ1) is 10.3. The molecule has 0 aromatic carbocycles. The minimum Gasteiger partial charge on any atom is -0.373 e. The maximum Gasteiger partial charge on any atom is 0.224 e. The molecule has 0 bridgehead atoms. The molecule has 3 heterocycles. The molecular formula is C14H14N6O. The SMILES string of the molecule is CNc1ccnc(NCc2cc(-c3cccnc3)no2)n1. The van der Waals surface area contributed by atoms with Gasteiger partial charge in [0.05, 0.1) is 6.54 Å². The van der Waals surface area contributed by atoms with Gasteiger partial charge in [-0.2, -0.15) is 4.98 Å². The maximum atomic E-state index is 5.29. The minimum absolute atomic E-state index is 0.459. The van der Waals surface area contributed by atoms with Gasteiger partial charge in [0, 0.05) is 37.3 Å². The van der Waals surface area contributed by atoms with Gasteiger partial charge in [-0.05, 0) is 18.2 Å². The van der Waals surface area contributed by atoms with Crippen LogP contribution in [-0.4, -0.2) is 27.2 Å². The number of pyridine rings is 1. The number of hydrogen-bond donors (Lipinski definition) is 2. The molecular weight excluding hydrogens is 268 g/mol. The van der Waals surface area contributed by atoms with Gasteiger partial charge in [-0.25, -0.2) is 4.98 Å². The third-order valence-corrected chi connectivity index (χ3v) is 2.85. The highest BCUT2D eigenvalue weighted by atomic mass is 16.5. The van der Waals surface area contributed by atoms with Crippen molar-refractivity contribution in [2.45, 2.75) is 6.54 Å². The fraction of sp³-hybridized carbons (Fsp3) is 0.143. The van der Waals surface area contributed by atoms with Crippen molar-refractivity contribution in [3.8, 4) is 11.3 Å². The topological polar surface area (TPSA) is 88.8 Å². The van der Waals surface area contributed by atoms with Crippen molar-refractivity contribution >= 4 is 11.8 Å². The van der Waals surface area contributed by atoms with Gasteiger partial charge in [0.15, 0.2) is 5.76 Å². The van der Waals surface area contributed by atoms with E-state index in [0.29, 0.717) is 18.3 Å². The molecule has 3 aromatic rings. The minimum atomic E-state index is 0.459. The van der Waals surface area contributed by atoms with Crippen LogP contribution in [0.4, 0.5) is 11.8 Å². The zero-order valence-electron chi connectivity index (χ0n) is 11.4. The Kier molecular flexibility index (Phi) is 3.72. The zero-order chi connectivity index (χ0) is 14.5. The van der Waals surface area contributed by atoms with Crippen LogP contribution in [0.5, 0.6) is 0 Å². The van der Waals surface area contributed by atoms with E-state index in [1.54, 1.807) is 24.7 Å². The molecule has 0 saturated carbocycles. The van der Waals surface area contributed by atoms with Crippen molar-refractivity contribution in [1.82, 2.24) is 20.1 Å². The van der Waals surface area contributed by atoms with Crippen LogP contribution in [0.25, 0.3) is 11.3 Å². The normalized spacial score (nSPS) is 10.3.